The lowest BCUT2D eigenvalue weighted by Crippen LogP contribution is -2.07. The Morgan fingerprint density at radius 2 is 0.478 bits per heavy atom. The van der Waals surface area contributed by atoms with Crippen LogP contribution in [0.15, 0.2) is 24.3 Å². The van der Waals surface area contributed by atoms with Crippen LogP contribution in [0.1, 0.15) is 22.8 Å². The molecule has 2 aliphatic rings. The first-order valence-corrected chi connectivity index (χ1v) is 18.7. The minimum Gasteiger partial charge on any atom is -0.354 e. The first kappa shape index (κ1) is 46.2. The summed E-state index contributed by atoms with van der Waals surface area (Å²) in [6.07, 6.45) is 2.47. The number of hydrogen-bond donors (Lipinski definition) is 1. The summed E-state index contributed by atoms with van der Waals surface area (Å²) in [7, 11) is 0.804. The first-order chi connectivity index (χ1) is 32.5. The van der Waals surface area contributed by atoms with Gasteiger partial charge in [0, 0.05) is 40.3 Å². The largest absolute Gasteiger partial charge is 0.354 e. The molecule has 0 saturated heterocycles. The van der Waals surface area contributed by atoms with Gasteiger partial charge in [-0.1, -0.05) is 0 Å². The number of hydrogen-bond acceptors (Lipinski definition) is 2. The fourth-order valence-corrected chi connectivity index (χ4v) is 7.86. The minimum absolute atomic E-state index is 0.564. The third-order valence-electron chi connectivity index (χ3n) is 11.0. The number of rotatable bonds is 4. The maximum absolute atomic E-state index is 15.9. The van der Waals surface area contributed by atoms with E-state index in [9.17, 15) is 35.1 Å². The second-order valence-electron chi connectivity index (χ2n) is 14.7. The van der Waals surface area contributed by atoms with Crippen molar-refractivity contribution in [1.29, 1.82) is 0 Å². The lowest BCUT2D eigenvalue weighted by atomic mass is 10.0. The van der Waals surface area contributed by atoms with Crippen LogP contribution in [-0.4, -0.2) is 19.5 Å². The fraction of sp³-hybridized carbons (Fsp3) is 0.0222. The third-order valence-corrected chi connectivity index (χ3v) is 11.0. The number of nitrogens with zero attached hydrogens (tertiary/aromatic N) is 3. The Morgan fingerprint density at radius 1 is 0.275 bits per heavy atom. The Labute approximate surface area is 368 Å². The number of halogens is 20. The van der Waals surface area contributed by atoms with Crippen molar-refractivity contribution in [3.63, 3.8) is 0 Å². The molecule has 0 unspecified atom stereocenters. The molecule has 0 atom stereocenters. The molecule has 7 aromatic rings. The van der Waals surface area contributed by atoms with Crippen molar-refractivity contribution in [2.24, 2.45) is 7.05 Å². The summed E-state index contributed by atoms with van der Waals surface area (Å²) < 4.78 is 305. The maximum atomic E-state index is 15.9. The van der Waals surface area contributed by atoms with Gasteiger partial charge in [-0.25, -0.2) is 97.8 Å². The number of nitrogens with one attached hydrogen (secondary N) is 1. The van der Waals surface area contributed by atoms with Gasteiger partial charge in [-0.3, -0.25) is 0 Å². The summed E-state index contributed by atoms with van der Waals surface area (Å²) >= 11 is 0. The van der Waals surface area contributed by atoms with Crippen LogP contribution in [0.5, 0.6) is 0 Å². The van der Waals surface area contributed by atoms with Crippen LogP contribution in [0.3, 0.4) is 0 Å². The molecule has 8 bridgehead atoms. The average molecular weight is 989 g/mol. The predicted octanol–water partition coefficient (Wildman–Crippen LogP) is 14.1. The highest BCUT2D eigenvalue weighted by Gasteiger charge is 2.35. The van der Waals surface area contributed by atoms with Gasteiger partial charge in [0.15, 0.2) is 93.1 Å². The molecule has 9 rings (SSSR count). The highest BCUT2D eigenvalue weighted by atomic mass is 19.2. The molecule has 352 valence electrons. The summed E-state index contributed by atoms with van der Waals surface area (Å²) in [5.74, 6) is -52.5. The van der Waals surface area contributed by atoms with Crippen molar-refractivity contribution in [2.75, 3.05) is 0 Å². The van der Waals surface area contributed by atoms with Gasteiger partial charge >= 0.3 is 0 Å². The van der Waals surface area contributed by atoms with Gasteiger partial charge in [0.1, 0.15) is 0 Å². The van der Waals surface area contributed by atoms with E-state index in [1.807, 2.05) is 0 Å². The van der Waals surface area contributed by atoms with Crippen LogP contribution in [-0.2, 0) is 7.05 Å². The van der Waals surface area contributed by atoms with E-state index in [2.05, 4.69) is 15.0 Å². The van der Waals surface area contributed by atoms with Gasteiger partial charge in [-0.15, -0.1) is 0 Å². The molecule has 0 aliphatic carbocycles. The molecule has 0 spiro atoms. The molecule has 2 aliphatic heterocycles. The summed E-state index contributed by atoms with van der Waals surface area (Å²) in [6, 6.07) is 2.64. The minimum atomic E-state index is -2.71. The van der Waals surface area contributed by atoms with Crippen LogP contribution in [0.25, 0.3) is 90.9 Å². The highest BCUT2D eigenvalue weighted by molar-refractivity contribution is 6.00. The number of aryl methyl sites for hydroxylation is 1. The van der Waals surface area contributed by atoms with E-state index in [1.54, 1.807) is 0 Å². The Bertz CT molecular complexity index is 3400. The molecule has 69 heavy (non-hydrogen) atoms. The van der Waals surface area contributed by atoms with E-state index < -0.39 is 206 Å². The Morgan fingerprint density at radius 3 is 0.725 bits per heavy atom. The summed E-state index contributed by atoms with van der Waals surface area (Å²) in [5.41, 5.74) is -20.1. The van der Waals surface area contributed by atoms with Crippen molar-refractivity contribution in [3.8, 4) is 44.5 Å². The van der Waals surface area contributed by atoms with Gasteiger partial charge in [-0.05, 0) is 48.6 Å². The Balaban J connectivity index is 1.62. The molecular weight excluding hydrogens is 976 g/mol. The number of H-pyrrole nitrogens is 1. The SMILES string of the molecule is Cn1c2ccc1c(-c1c(F)c(F)c(F)c(F)c1F)c1nc(c(-c3c(F)c(F)c(F)c(F)c3F)c3ccc([nH]3)c(-c3c(F)c(F)c(F)c(F)c3F)c3nc(c2-c2c(F)c(F)c(F)c(F)c2F)C=C3)C=C1. The predicted molar refractivity (Wildman–Crippen MR) is 204 cm³/mol. The zero-order valence-electron chi connectivity index (χ0n) is 33.0. The molecule has 4 nitrogen and oxygen atoms in total. The molecular formula is C45H12F20N4. The van der Waals surface area contributed by atoms with Crippen molar-refractivity contribution < 1.29 is 87.8 Å². The Hall–Kier alpha value is -7.92. The Kier molecular flexibility index (Phi) is 10.8. The molecule has 5 heterocycles. The molecule has 0 fully saturated rings. The second kappa shape index (κ2) is 16.1. The van der Waals surface area contributed by atoms with E-state index >= 15 is 52.7 Å². The normalized spacial score (nSPS) is 12.3. The van der Waals surface area contributed by atoms with Gasteiger partial charge in [-0.2, -0.15) is 0 Å². The second-order valence-corrected chi connectivity index (χ2v) is 14.7. The first-order valence-electron chi connectivity index (χ1n) is 18.7. The van der Waals surface area contributed by atoms with Crippen molar-refractivity contribution >= 4 is 46.4 Å². The van der Waals surface area contributed by atoms with Gasteiger partial charge < -0.3 is 9.55 Å². The zero-order valence-corrected chi connectivity index (χ0v) is 33.0. The van der Waals surface area contributed by atoms with Crippen LogP contribution in [0.4, 0.5) is 87.8 Å². The quantitative estimate of drug-likeness (QED) is 0.108. The molecule has 0 radical (unpaired) electrons. The van der Waals surface area contributed by atoms with E-state index in [1.165, 1.54) is 0 Å². The monoisotopic (exact) mass is 988 g/mol. The third kappa shape index (κ3) is 6.54. The average Bonchev–Trinajstić information content (AvgIpc) is 4.18. The van der Waals surface area contributed by atoms with Crippen LogP contribution in [0, 0.1) is 116 Å². The van der Waals surface area contributed by atoms with Gasteiger partial charge in [0.05, 0.1) is 56.1 Å². The number of benzene rings is 4. The highest BCUT2D eigenvalue weighted by Crippen LogP contribution is 2.45. The fourth-order valence-electron chi connectivity index (χ4n) is 7.86. The van der Waals surface area contributed by atoms with Crippen molar-refractivity contribution in [3.05, 3.63) is 163 Å². The molecule has 1 N–H and O–H groups in total. The van der Waals surface area contributed by atoms with Gasteiger partial charge in [0.25, 0.3) is 0 Å². The van der Waals surface area contributed by atoms with Crippen molar-refractivity contribution in [2.45, 2.75) is 0 Å². The van der Waals surface area contributed by atoms with E-state index in [-0.39, 0.29) is 0 Å². The molecule has 3 aromatic heterocycles. The summed E-state index contributed by atoms with van der Waals surface area (Å²) in [5, 5.41) is 0. The lowest BCUT2D eigenvalue weighted by Gasteiger charge is -2.14. The number of fused-ring (bicyclic) bond motifs is 8. The van der Waals surface area contributed by atoms with Crippen LogP contribution in [0.2, 0.25) is 0 Å². The zero-order chi connectivity index (χ0) is 50.1. The molecule has 0 saturated carbocycles. The standard InChI is InChI=1S/C45H12F20N4/c1-69-16-8-9-17(69)21(25-32(52)40(60)45(65)41(61)33(25)53)15-7-5-13(68-15)19(23-28(48)36(56)43(63)37(57)29(23)49)11-3-2-10(66-11)18(22-26(46)34(54)42(62)35(55)27(22)47)12-4-6-14(67-12)20(16)24-30(50)38(58)44(64)39(59)31(24)51/h2-9,66H,1H3. The molecule has 0 amide bonds. The van der Waals surface area contributed by atoms with Crippen LogP contribution >= 0.6 is 0 Å². The molecule has 4 aromatic carbocycles. The van der Waals surface area contributed by atoms with Crippen LogP contribution < -0.4 is 0 Å². The van der Waals surface area contributed by atoms with E-state index in [0.717, 1.165) is 7.05 Å². The lowest BCUT2D eigenvalue weighted by molar-refractivity contribution is 0.381. The van der Waals surface area contributed by atoms with E-state index in [0.29, 0.717) is 53.1 Å². The number of aromatic nitrogens is 4. The summed E-state index contributed by atoms with van der Waals surface area (Å²) in [6.45, 7) is 0. The van der Waals surface area contributed by atoms with E-state index in [4.69, 9.17) is 0 Å². The number of aromatic amines is 1. The topological polar surface area (TPSA) is 46.5 Å². The maximum Gasteiger partial charge on any atom is 0.200 e. The van der Waals surface area contributed by atoms with Crippen molar-refractivity contribution in [1.82, 2.24) is 19.5 Å². The smallest absolute Gasteiger partial charge is 0.200 e. The van der Waals surface area contributed by atoms with Gasteiger partial charge in [0.2, 0.25) is 23.3 Å². The molecule has 24 heteroatoms. The summed E-state index contributed by atoms with van der Waals surface area (Å²) in [4.78, 5) is 10.2.